The van der Waals surface area contributed by atoms with Crippen molar-refractivity contribution >= 4 is 11.9 Å². The standard InChI is InChI=1S/C6H9NO.C6H8O2/c1-2-7-5-3-4-6(7)8;1-3-5(2)4-6(7)8/h2H,1,3-5H2;3H,1-2,4H2,(H,7,8). The smallest absolute Gasteiger partial charge is 0.307 e. The van der Waals surface area contributed by atoms with Crippen LogP contribution in [0.4, 0.5) is 0 Å². The maximum absolute atomic E-state index is 10.7. The third kappa shape index (κ3) is 5.80. The van der Waals surface area contributed by atoms with E-state index in [1.165, 1.54) is 6.08 Å². The van der Waals surface area contributed by atoms with Crippen molar-refractivity contribution in [1.29, 1.82) is 0 Å². The Labute approximate surface area is 95.6 Å². The summed E-state index contributed by atoms with van der Waals surface area (Å²) < 4.78 is 0. The lowest BCUT2D eigenvalue weighted by molar-refractivity contribution is -0.136. The molecular formula is C12H17NO3. The van der Waals surface area contributed by atoms with Crippen molar-refractivity contribution in [2.45, 2.75) is 19.3 Å². The molecule has 1 N–H and O–H groups in total. The monoisotopic (exact) mass is 223 g/mol. The minimum Gasteiger partial charge on any atom is -0.481 e. The van der Waals surface area contributed by atoms with Crippen molar-refractivity contribution in [1.82, 2.24) is 4.90 Å². The number of allylic oxidation sites excluding steroid dienone is 1. The highest BCUT2D eigenvalue weighted by Crippen LogP contribution is 2.08. The third-order valence-corrected chi connectivity index (χ3v) is 2.00. The van der Waals surface area contributed by atoms with E-state index in [0.29, 0.717) is 12.0 Å². The molecule has 0 radical (unpaired) electrons. The molecule has 0 saturated carbocycles. The summed E-state index contributed by atoms with van der Waals surface area (Å²) in [7, 11) is 0. The first-order valence-electron chi connectivity index (χ1n) is 4.95. The van der Waals surface area contributed by atoms with Crippen molar-refractivity contribution < 1.29 is 14.7 Å². The van der Waals surface area contributed by atoms with Gasteiger partial charge in [0.25, 0.3) is 0 Å². The zero-order valence-corrected chi connectivity index (χ0v) is 9.32. The SMILES string of the molecule is C=CC(=C)CC(=O)O.C=CN1CCCC1=O. The second-order valence-electron chi connectivity index (χ2n) is 3.31. The molecule has 0 spiro atoms. The first-order chi connectivity index (χ1) is 7.51. The van der Waals surface area contributed by atoms with E-state index in [0.717, 1.165) is 13.0 Å². The molecule has 0 aromatic heterocycles. The third-order valence-electron chi connectivity index (χ3n) is 2.00. The molecule has 0 unspecified atom stereocenters. The average molecular weight is 223 g/mol. The van der Waals surface area contributed by atoms with Crippen LogP contribution in [-0.2, 0) is 9.59 Å². The minimum atomic E-state index is -0.866. The topological polar surface area (TPSA) is 57.6 Å². The van der Waals surface area contributed by atoms with Crippen LogP contribution in [-0.4, -0.2) is 28.4 Å². The van der Waals surface area contributed by atoms with E-state index in [2.05, 4.69) is 19.7 Å². The molecule has 4 nitrogen and oxygen atoms in total. The number of carboxylic acids is 1. The highest BCUT2D eigenvalue weighted by Gasteiger charge is 2.15. The maximum atomic E-state index is 10.7. The molecular weight excluding hydrogens is 206 g/mol. The number of amides is 1. The van der Waals surface area contributed by atoms with Gasteiger partial charge in [0.05, 0.1) is 6.42 Å². The van der Waals surface area contributed by atoms with Crippen LogP contribution in [0.15, 0.2) is 37.6 Å². The number of nitrogens with zero attached hydrogens (tertiary/aromatic N) is 1. The van der Waals surface area contributed by atoms with Crippen molar-refractivity contribution in [3.63, 3.8) is 0 Å². The number of carbonyl (C=O) groups is 2. The van der Waals surface area contributed by atoms with Crippen LogP contribution in [0.5, 0.6) is 0 Å². The van der Waals surface area contributed by atoms with Crippen LogP contribution in [0, 0.1) is 0 Å². The molecule has 0 aromatic rings. The summed E-state index contributed by atoms with van der Waals surface area (Å²) in [5.41, 5.74) is 0.539. The Hall–Kier alpha value is -1.84. The number of carbonyl (C=O) groups excluding carboxylic acids is 1. The van der Waals surface area contributed by atoms with Crippen LogP contribution < -0.4 is 0 Å². The molecule has 1 saturated heterocycles. The first-order valence-corrected chi connectivity index (χ1v) is 4.95. The normalized spacial score (nSPS) is 13.8. The summed E-state index contributed by atoms with van der Waals surface area (Å²) in [6.07, 6.45) is 4.71. The zero-order chi connectivity index (χ0) is 12.6. The summed E-state index contributed by atoms with van der Waals surface area (Å²) in [5, 5.41) is 8.11. The van der Waals surface area contributed by atoms with Crippen molar-refractivity contribution in [2.24, 2.45) is 0 Å². The molecule has 4 heteroatoms. The van der Waals surface area contributed by atoms with E-state index in [9.17, 15) is 9.59 Å². The number of rotatable bonds is 4. The van der Waals surface area contributed by atoms with E-state index in [-0.39, 0.29) is 12.3 Å². The van der Waals surface area contributed by atoms with Gasteiger partial charge in [-0.3, -0.25) is 9.59 Å². The summed E-state index contributed by atoms with van der Waals surface area (Å²) in [4.78, 5) is 22.2. The largest absolute Gasteiger partial charge is 0.481 e. The van der Waals surface area contributed by atoms with Gasteiger partial charge in [0.1, 0.15) is 0 Å². The fraction of sp³-hybridized carbons (Fsp3) is 0.333. The van der Waals surface area contributed by atoms with E-state index in [4.69, 9.17) is 5.11 Å². The second-order valence-corrected chi connectivity index (χ2v) is 3.31. The first kappa shape index (κ1) is 14.2. The van der Waals surface area contributed by atoms with Gasteiger partial charge >= 0.3 is 5.97 Å². The number of carboxylic acid groups (broad SMARTS) is 1. The highest BCUT2D eigenvalue weighted by molar-refractivity contribution is 5.78. The summed E-state index contributed by atoms with van der Waals surface area (Å²) in [5.74, 6) is -0.657. The van der Waals surface area contributed by atoms with Gasteiger partial charge < -0.3 is 10.0 Å². The molecule has 0 atom stereocenters. The van der Waals surface area contributed by atoms with Crippen LogP contribution in [0.1, 0.15) is 19.3 Å². The number of hydrogen-bond donors (Lipinski definition) is 1. The van der Waals surface area contributed by atoms with Gasteiger partial charge in [0.15, 0.2) is 0 Å². The lowest BCUT2D eigenvalue weighted by Gasteiger charge is -2.05. The fourth-order valence-electron chi connectivity index (χ4n) is 1.13. The molecule has 1 aliphatic rings. The molecule has 16 heavy (non-hydrogen) atoms. The van der Waals surface area contributed by atoms with Gasteiger partial charge in [-0.05, 0) is 18.2 Å². The van der Waals surface area contributed by atoms with E-state index < -0.39 is 5.97 Å². The van der Waals surface area contributed by atoms with Gasteiger partial charge in [-0.15, -0.1) is 0 Å². The Morgan fingerprint density at radius 2 is 2.12 bits per heavy atom. The van der Waals surface area contributed by atoms with Gasteiger partial charge in [0.2, 0.25) is 5.91 Å². The van der Waals surface area contributed by atoms with E-state index in [1.807, 2.05) is 0 Å². The number of likely N-dealkylation sites (tertiary alicyclic amines) is 1. The molecule has 1 fully saturated rings. The Balaban J connectivity index is 0.000000281. The Bertz CT molecular complexity index is 307. The molecule has 88 valence electrons. The Morgan fingerprint density at radius 3 is 2.31 bits per heavy atom. The zero-order valence-electron chi connectivity index (χ0n) is 9.32. The molecule has 0 bridgehead atoms. The molecule has 1 aliphatic heterocycles. The molecule has 1 heterocycles. The average Bonchev–Trinajstić information content (AvgIpc) is 2.63. The van der Waals surface area contributed by atoms with Crippen LogP contribution in [0.2, 0.25) is 0 Å². The van der Waals surface area contributed by atoms with Crippen molar-refractivity contribution in [3.8, 4) is 0 Å². The van der Waals surface area contributed by atoms with Gasteiger partial charge in [-0.1, -0.05) is 25.8 Å². The lowest BCUT2D eigenvalue weighted by atomic mass is 10.2. The summed E-state index contributed by atoms with van der Waals surface area (Å²) in [6, 6.07) is 0. The Morgan fingerprint density at radius 1 is 1.50 bits per heavy atom. The molecule has 1 rings (SSSR count). The van der Waals surface area contributed by atoms with Crippen LogP contribution in [0.3, 0.4) is 0 Å². The fourth-order valence-corrected chi connectivity index (χ4v) is 1.13. The number of aliphatic carboxylic acids is 1. The van der Waals surface area contributed by atoms with Crippen molar-refractivity contribution in [3.05, 3.63) is 37.6 Å². The van der Waals surface area contributed by atoms with Crippen LogP contribution in [0.25, 0.3) is 0 Å². The molecule has 0 aromatic carbocycles. The molecule has 0 aliphatic carbocycles. The van der Waals surface area contributed by atoms with Crippen molar-refractivity contribution in [2.75, 3.05) is 6.54 Å². The van der Waals surface area contributed by atoms with E-state index >= 15 is 0 Å². The van der Waals surface area contributed by atoms with Gasteiger partial charge in [-0.2, -0.15) is 0 Å². The Kier molecular flexibility index (Phi) is 6.59. The summed E-state index contributed by atoms with van der Waals surface area (Å²) in [6.45, 7) is 11.1. The maximum Gasteiger partial charge on any atom is 0.307 e. The predicted octanol–water partition coefficient (Wildman–Crippen LogP) is 1.96. The van der Waals surface area contributed by atoms with Gasteiger partial charge in [0, 0.05) is 13.0 Å². The second kappa shape index (κ2) is 7.45. The number of hydrogen-bond acceptors (Lipinski definition) is 2. The van der Waals surface area contributed by atoms with E-state index in [1.54, 1.807) is 11.1 Å². The quantitative estimate of drug-likeness (QED) is 0.741. The summed E-state index contributed by atoms with van der Waals surface area (Å²) >= 11 is 0. The van der Waals surface area contributed by atoms with Crippen LogP contribution >= 0.6 is 0 Å². The minimum absolute atomic E-state index is 0.0104. The predicted molar refractivity (Wildman–Crippen MR) is 62.7 cm³/mol. The highest BCUT2D eigenvalue weighted by atomic mass is 16.4. The molecule has 1 amide bonds. The lowest BCUT2D eigenvalue weighted by Crippen LogP contribution is -2.16. The van der Waals surface area contributed by atoms with Gasteiger partial charge in [-0.25, -0.2) is 0 Å².